The Morgan fingerprint density at radius 2 is 1.67 bits per heavy atom. The first-order valence-electron chi connectivity index (χ1n) is 11.0. The van der Waals surface area contributed by atoms with Crippen molar-refractivity contribution in [2.45, 2.75) is 44.8 Å². The highest BCUT2D eigenvalue weighted by Gasteiger charge is 2.30. The van der Waals surface area contributed by atoms with E-state index in [2.05, 4.69) is 26.9 Å². The molecule has 3 rings (SSSR count). The van der Waals surface area contributed by atoms with Crippen molar-refractivity contribution in [1.29, 1.82) is 0 Å². The summed E-state index contributed by atoms with van der Waals surface area (Å²) in [4.78, 5) is 8.05. The molecule has 0 atom stereocenters. The van der Waals surface area contributed by atoms with Gasteiger partial charge in [0.1, 0.15) is 0 Å². The Labute approximate surface area is 183 Å². The predicted octanol–water partition coefficient (Wildman–Crippen LogP) is 4.01. The lowest BCUT2D eigenvalue weighted by Crippen LogP contribution is -2.47. The first kappa shape index (κ1) is 23.3. The second kappa shape index (κ2) is 10.8. The molecule has 1 N–H and O–H groups in total. The highest BCUT2D eigenvalue weighted by molar-refractivity contribution is 7.80. The van der Waals surface area contributed by atoms with Gasteiger partial charge in [-0.15, -0.1) is 0 Å². The number of piperidine rings is 1. The fourth-order valence-electron chi connectivity index (χ4n) is 4.32. The van der Waals surface area contributed by atoms with Crippen LogP contribution in [0.2, 0.25) is 0 Å². The summed E-state index contributed by atoms with van der Waals surface area (Å²) < 4.78 is 38.2. The Morgan fingerprint density at radius 1 is 1.03 bits per heavy atom. The number of halogens is 3. The van der Waals surface area contributed by atoms with Gasteiger partial charge < -0.3 is 15.1 Å². The average Bonchev–Trinajstić information content (AvgIpc) is 2.74. The first-order valence-corrected chi connectivity index (χ1v) is 11.4. The second-order valence-corrected chi connectivity index (χ2v) is 8.66. The zero-order valence-corrected chi connectivity index (χ0v) is 18.6. The Hall–Kier alpha value is -1.38. The van der Waals surface area contributed by atoms with Crippen molar-refractivity contribution in [2.75, 3.05) is 57.3 Å². The summed E-state index contributed by atoms with van der Waals surface area (Å²) in [7, 11) is 0. The van der Waals surface area contributed by atoms with Gasteiger partial charge >= 0.3 is 6.18 Å². The molecule has 0 radical (unpaired) electrons. The smallest absolute Gasteiger partial charge is 0.369 e. The van der Waals surface area contributed by atoms with Crippen LogP contribution in [0, 0.1) is 0 Å². The number of thiocarbonyl (C=S) groups is 1. The van der Waals surface area contributed by atoms with Gasteiger partial charge in [0.2, 0.25) is 0 Å². The number of hydrogen-bond donors (Lipinski definition) is 1. The maximum atomic E-state index is 12.7. The van der Waals surface area contributed by atoms with Gasteiger partial charge in [-0.25, -0.2) is 0 Å². The summed E-state index contributed by atoms with van der Waals surface area (Å²) >= 11 is 5.66. The molecule has 2 aliphatic rings. The van der Waals surface area contributed by atoms with Crippen LogP contribution in [0.3, 0.4) is 0 Å². The van der Waals surface area contributed by atoms with Crippen LogP contribution in [0.15, 0.2) is 24.3 Å². The SMILES string of the molecule is CCNC1CCN(C(=S)CCCN2CCN(c3ccc(C(F)(F)F)cc3)CC2)CC1. The fraction of sp³-hybridized carbons (Fsp3) is 0.682. The van der Waals surface area contributed by atoms with Gasteiger partial charge in [-0.05, 0) is 63.0 Å². The molecule has 1 aromatic carbocycles. The van der Waals surface area contributed by atoms with Crippen molar-refractivity contribution in [1.82, 2.24) is 15.1 Å². The number of nitrogens with zero attached hydrogens (tertiary/aromatic N) is 3. The fourth-order valence-corrected chi connectivity index (χ4v) is 4.65. The monoisotopic (exact) mass is 442 g/mol. The van der Waals surface area contributed by atoms with Gasteiger partial charge in [-0.1, -0.05) is 19.1 Å². The zero-order valence-electron chi connectivity index (χ0n) is 17.8. The Balaban J connectivity index is 1.34. The molecular formula is C22H33F3N4S. The molecule has 0 saturated carbocycles. The lowest BCUT2D eigenvalue weighted by molar-refractivity contribution is -0.137. The third kappa shape index (κ3) is 6.56. The Bertz CT molecular complexity index is 664. The Kier molecular flexibility index (Phi) is 8.36. The van der Waals surface area contributed by atoms with Crippen LogP contribution < -0.4 is 10.2 Å². The summed E-state index contributed by atoms with van der Waals surface area (Å²) in [6, 6.07) is 6.13. The zero-order chi connectivity index (χ0) is 21.6. The van der Waals surface area contributed by atoms with E-state index in [1.165, 1.54) is 25.0 Å². The number of alkyl halides is 3. The third-order valence-corrected chi connectivity index (χ3v) is 6.60. The van der Waals surface area contributed by atoms with Crippen LogP contribution in [0.5, 0.6) is 0 Å². The maximum Gasteiger partial charge on any atom is 0.416 e. The molecule has 2 saturated heterocycles. The highest BCUT2D eigenvalue weighted by Crippen LogP contribution is 2.30. The number of hydrogen-bond acceptors (Lipinski definition) is 4. The van der Waals surface area contributed by atoms with Gasteiger partial charge in [0.25, 0.3) is 0 Å². The van der Waals surface area contributed by atoms with Crippen LogP contribution in [0.1, 0.15) is 38.2 Å². The standard InChI is InChI=1S/C22H33F3N4S/c1-2-26-19-9-12-29(13-10-19)21(30)4-3-11-27-14-16-28(17-15-27)20-7-5-18(6-8-20)22(23,24)25/h5-8,19,26H,2-4,9-17H2,1H3. The maximum absolute atomic E-state index is 12.7. The van der Waals surface area contributed by atoms with Crippen LogP contribution >= 0.6 is 12.2 Å². The van der Waals surface area contributed by atoms with Crippen LogP contribution in [-0.2, 0) is 6.18 Å². The molecule has 0 unspecified atom stereocenters. The molecule has 1 aromatic rings. The molecule has 0 bridgehead atoms. The highest BCUT2D eigenvalue weighted by atomic mass is 32.1. The van der Waals surface area contributed by atoms with Crippen LogP contribution in [0.4, 0.5) is 18.9 Å². The van der Waals surface area contributed by atoms with Gasteiger partial charge in [-0.3, -0.25) is 4.90 Å². The molecule has 0 amide bonds. The first-order chi connectivity index (χ1) is 14.4. The summed E-state index contributed by atoms with van der Waals surface area (Å²) in [5.41, 5.74) is 0.275. The van der Waals surface area contributed by atoms with Gasteiger partial charge in [0.15, 0.2) is 0 Å². The topological polar surface area (TPSA) is 21.8 Å². The van der Waals surface area contributed by atoms with Crippen molar-refractivity contribution in [3.05, 3.63) is 29.8 Å². The van der Waals surface area contributed by atoms with E-state index in [9.17, 15) is 13.2 Å². The van der Waals surface area contributed by atoms with E-state index in [4.69, 9.17) is 12.2 Å². The molecule has 8 heteroatoms. The molecule has 0 aliphatic carbocycles. The normalized spacial score (nSPS) is 19.3. The number of anilines is 1. The number of likely N-dealkylation sites (tertiary alicyclic amines) is 1. The van der Waals surface area contributed by atoms with E-state index < -0.39 is 11.7 Å². The largest absolute Gasteiger partial charge is 0.416 e. The molecule has 168 valence electrons. The lowest BCUT2D eigenvalue weighted by atomic mass is 10.0. The van der Waals surface area contributed by atoms with Crippen molar-refractivity contribution >= 4 is 22.9 Å². The quantitative estimate of drug-likeness (QED) is 0.643. The van der Waals surface area contributed by atoms with E-state index in [0.717, 1.165) is 75.9 Å². The summed E-state index contributed by atoms with van der Waals surface area (Å²) in [6.45, 7) is 9.87. The van der Waals surface area contributed by atoms with E-state index >= 15 is 0 Å². The van der Waals surface area contributed by atoms with Crippen molar-refractivity contribution in [2.24, 2.45) is 0 Å². The molecule has 4 nitrogen and oxygen atoms in total. The van der Waals surface area contributed by atoms with Gasteiger partial charge in [0, 0.05) is 51.0 Å². The van der Waals surface area contributed by atoms with Gasteiger partial charge in [-0.2, -0.15) is 13.2 Å². The minimum absolute atomic E-state index is 0.591. The summed E-state index contributed by atoms with van der Waals surface area (Å²) in [5, 5.41) is 3.52. The number of benzene rings is 1. The molecule has 30 heavy (non-hydrogen) atoms. The van der Waals surface area contributed by atoms with E-state index in [1.54, 1.807) is 12.1 Å². The van der Waals surface area contributed by atoms with Crippen LogP contribution in [0.25, 0.3) is 0 Å². The summed E-state index contributed by atoms with van der Waals surface area (Å²) in [6.07, 6.45) is 0.0759. The molecule has 2 fully saturated rings. The van der Waals surface area contributed by atoms with E-state index in [-0.39, 0.29) is 0 Å². The molecular weight excluding hydrogens is 409 g/mol. The van der Waals surface area contributed by atoms with Crippen molar-refractivity contribution in [3.63, 3.8) is 0 Å². The molecule has 2 heterocycles. The Morgan fingerprint density at radius 3 is 2.23 bits per heavy atom. The average molecular weight is 443 g/mol. The second-order valence-electron chi connectivity index (χ2n) is 8.19. The van der Waals surface area contributed by atoms with E-state index in [0.29, 0.717) is 6.04 Å². The van der Waals surface area contributed by atoms with Gasteiger partial charge in [0.05, 0.1) is 10.6 Å². The minimum atomic E-state index is -4.28. The van der Waals surface area contributed by atoms with E-state index in [1.807, 2.05) is 0 Å². The van der Waals surface area contributed by atoms with Crippen LogP contribution in [-0.4, -0.2) is 73.2 Å². The molecule has 0 aromatic heterocycles. The number of rotatable bonds is 7. The third-order valence-electron chi connectivity index (χ3n) is 6.14. The van der Waals surface area contributed by atoms with Crippen molar-refractivity contribution in [3.8, 4) is 0 Å². The predicted molar refractivity (Wildman–Crippen MR) is 120 cm³/mol. The minimum Gasteiger partial charge on any atom is -0.369 e. The summed E-state index contributed by atoms with van der Waals surface area (Å²) in [5.74, 6) is 0. The number of nitrogens with one attached hydrogen (secondary N) is 1. The van der Waals surface area contributed by atoms with Crippen molar-refractivity contribution < 1.29 is 13.2 Å². The lowest BCUT2D eigenvalue weighted by Gasteiger charge is -2.37. The molecule has 2 aliphatic heterocycles. The number of piperazine rings is 1. The molecule has 0 spiro atoms.